The third-order valence-corrected chi connectivity index (χ3v) is 4.21. The Balaban J connectivity index is 2.26. The Bertz CT molecular complexity index is 510. The molecule has 4 nitrogen and oxygen atoms in total. The van der Waals surface area contributed by atoms with Gasteiger partial charge in [-0.3, -0.25) is 0 Å². The van der Waals surface area contributed by atoms with Crippen LogP contribution in [0, 0.1) is 19.3 Å². The Hall–Kier alpha value is -1.23. The van der Waals surface area contributed by atoms with Crippen LogP contribution in [0.25, 0.3) is 0 Å². The van der Waals surface area contributed by atoms with Crippen LogP contribution in [0.15, 0.2) is 0 Å². The SMILES string of the molecule is Cc1nnc(NC2CCC(C)(C)C2)c(C(N)=S)c1C. The van der Waals surface area contributed by atoms with E-state index in [1.165, 1.54) is 6.42 Å². The summed E-state index contributed by atoms with van der Waals surface area (Å²) in [5.41, 5.74) is 8.96. The molecule has 0 amide bonds. The summed E-state index contributed by atoms with van der Waals surface area (Å²) in [5, 5.41) is 11.9. The van der Waals surface area contributed by atoms with Crippen LogP contribution in [0.2, 0.25) is 0 Å². The number of nitrogens with one attached hydrogen (secondary N) is 1. The Morgan fingerprint density at radius 3 is 2.58 bits per heavy atom. The van der Waals surface area contributed by atoms with E-state index in [4.69, 9.17) is 18.0 Å². The first kappa shape index (κ1) is 14.2. The first-order chi connectivity index (χ1) is 8.80. The van der Waals surface area contributed by atoms with Gasteiger partial charge in [0.05, 0.1) is 11.3 Å². The Kier molecular flexibility index (Phi) is 3.76. The summed E-state index contributed by atoms with van der Waals surface area (Å²) in [6.45, 7) is 8.51. The normalized spacial score (nSPS) is 21.4. The van der Waals surface area contributed by atoms with E-state index in [9.17, 15) is 0 Å². The Labute approximate surface area is 120 Å². The van der Waals surface area contributed by atoms with Gasteiger partial charge in [0, 0.05) is 6.04 Å². The fourth-order valence-corrected chi connectivity index (χ4v) is 3.01. The molecule has 0 aliphatic heterocycles. The maximum Gasteiger partial charge on any atom is 0.159 e. The quantitative estimate of drug-likeness (QED) is 0.832. The molecule has 3 N–H and O–H groups in total. The number of rotatable bonds is 3. The third-order valence-electron chi connectivity index (χ3n) is 4.01. The molecule has 0 aromatic carbocycles. The monoisotopic (exact) mass is 278 g/mol. The van der Waals surface area contributed by atoms with E-state index in [-0.39, 0.29) is 0 Å². The molecule has 0 saturated heterocycles. The molecule has 1 atom stereocenters. The van der Waals surface area contributed by atoms with Crippen molar-refractivity contribution in [2.75, 3.05) is 5.32 Å². The van der Waals surface area contributed by atoms with E-state index in [1.807, 2.05) is 13.8 Å². The van der Waals surface area contributed by atoms with Gasteiger partial charge in [-0.05, 0) is 44.1 Å². The van der Waals surface area contributed by atoms with Gasteiger partial charge >= 0.3 is 0 Å². The van der Waals surface area contributed by atoms with Gasteiger partial charge in [-0.15, -0.1) is 5.10 Å². The zero-order valence-electron chi connectivity index (χ0n) is 12.1. The molecule has 2 rings (SSSR count). The van der Waals surface area contributed by atoms with Crippen LogP contribution in [0.3, 0.4) is 0 Å². The van der Waals surface area contributed by atoms with Crippen molar-refractivity contribution in [2.45, 2.75) is 53.0 Å². The van der Waals surface area contributed by atoms with Gasteiger partial charge in [0.15, 0.2) is 5.82 Å². The second kappa shape index (κ2) is 5.04. The zero-order chi connectivity index (χ0) is 14.2. The van der Waals surface area contributed by atoms with Crippen LogP contribution in [-0.2, 0) is 0 Å². The van der Waals surface area contributed by atoms with Gasteiger partial charge in [-0.2, -0.15) is 5.10 Å². The maximum atomic E-state index is 5.84. The van der Waals surface area contributed by atoms with Gasteiger partial charge in [-0.25, -0.2) is 0 Å². The smallest absolute Gasteiger partial charge is 0.159 e. The van der Waals surface area contributed by atoms with Crippen molar-refractivity contribution in [1.82, 2.24) is 10.2 Å². The highest BCUT2D eigenvalue weighted by Crippen LogP contribution is 2.38. The largest absolute Gasteiger partial charge is 0.389 e. The maximum absolute atomic E-state index is 5.84. The standard InChI is InChI=1S/C14H22N4S/c1-8-9(2)17-18-13(11(8)12(15)19)16-10-5-6-14(3,4)7-10/h10H,5-7H2,1-4H3,(H2,15,19)(H,16,18). The predicted molar refractivity (Wildman–Crippen MR) is 82.4 cm³/mol. The number of anilines is 1. The fourth-order valence-electron chi connectivity index (χ4n) is 2.76. The predicted octanol–water partition coefficient (Wildman–Crippen LogP) is 2.72. The van der Waals surface area contributed by atoms with E-state index in [1.54, 1.807) is 0 Å². The molecule has 19 heavy (non-hydrogen) atoms. The molecule has 1 fully saturated rings. The molecule has 1 heterocycles. The van der Waals surface area contributed by atoms with E-state index >= 15 is 0 Å². The number of aromatic nitrogens is 2. The van der Waals surface area contributed by atoms with Gasteiger partial charge in [0.1, 0.15) is 4.99 Å². The number of hydrogen-bond donors (Lipinski definition) is 2. The molecule has 1 aromatic rings. The highest BCUT2D eigenvalue weighted by molar-refractivity contribution is 7.80. The minimum absolute atomic E-state index is 0.384. The van der Waals surface area contributed by atoms with Crippen LogP contribution in [0.4, 0.5) is 5.82 Å². The van der Waals surface area contributed by atoms with Gasteiger partial charge < -0.3 is 11.1 Å². The van der Waals surface area contributed by atoms with Crippen molar-refractivity contribution in [3.8, 4) is 0 Å². The summed E-state index contributed by atoms with van der Waals surface area (Å²) in [6, 6.07) is 0.430. The summed E-state index contributed by atoms with van der Waals surface area (Å²) in [5.74, 6) is 0.735. The lowest BCUT2D eigenvalue weighted by molar-refractivity contribution is 0.378. The lowest BCUT2D eigenvalue weighted by Gasteiger charge is -2.20. The topological polar surface area (TPSA) is 63.8 Å². The molecular formula is C14H22N4S. The second-order valence-electron chi connectivity index (χ2n) is 6.25. The molecular weight excluding hydrogens is 256 g/mol. The molecule has 1 unspecified atom stereocenters. The van der Waals surface area contributed by atoms with Crippen LogP contribution >= 0.6 is 12.2 Å². The molecule has 1 aliphatic carbocycles. The minimum Gasteiger partial charge on any atom is -0.389 e. The number of thiocarbonyl (C=S) groups is 1. The van der Waals surface area contributed by atoms with Gasteiger partial charge in [0.25, 0.3) is 0 Å². The first-order valence-corrected chi connectivity index (χ1v) is 7.11. The minimum atomic E-state index is 0.384. The van der Waals surface area contributed by atoms with Crippen LogP contribution in [0.1, 0.15) is 49.9 Å². The van der Waals surface area contributed by atoms with Crippen LogP contribution in [-0.4, -0.2) is 21.2 Å². The number of hydrogen-bond acceptors (Lipinski definition) is 4. The van der Waals surface area contributed by atoms with Crippen molar-refractivity contribution >= 4 is 23.0 Å². The lowest BCUT2D eigenvalue weighted by atomic mass is 9.92. The van der Waals surface area contributed by atoms with E-state index in [2.05, 4.69) is 29.4 Å². The number of nitrogens with two attached hydrogens (primary N) is 1. The molecule has 0 radical (unpaired) electrons. The van der Waals surface area contributed by atoms with Crippen LogP contribution < -0.4 is 11.1 Å². The van der Waals surface area contributed by atoms with Crippen LogP contribution in [0.5, 0.6) is 0 Å². The summed E-state index contributed by atoms with van der Waals surface area (Å²) >= 11 is 5.15. The zero-order valence-corrected chi connectivity index (χ0v) is 12.9. The van der Waals surface area contributed by atoms with E-state index in [0.29, 0.717) is 16.4 Å². The van der Waals surface area contributed by atoms with Crippen molar-refractivity contribution in [1.29, 1.82) is 0 Å². The average Bonchev–Trinajstić information content (AvgIpc) is 2.63. The lowest BCUT2D eigenvalue weighted by Crippen LogP contribution is -2.23. The summed E-state index contributed by atoms with van der Waals surface area (Å²) in [7, 11) is 0. The summed E-state index contributed by atoms with van der Waals surface area (Å²) < 4.78 is 0. The highest BCUT2D eigenvalue weighted by atomic mass is 32.1. The van der Waals surface area contributed by atoms with Crippen molar-refractivity contribution in [2.24, 2.45) is 11.1 Å². The third kappa shape index (κ3) is 3.03. The number of aryl methyl sites for hydroxylation is 1. The molecule has 1 aromatic heterocycles. The van der Waals surface area contributed by atoms with E-state index < -0.39 is 0 Å². The average molecular weight is 278 g/mol. The Morgan fingerprint density at radius 1 is 1.37 bits per heavy atom. The molecule has 104 valence electrons. The highest BCUT2D eigenvalue weighted by Gasteiger charge is 2.31. The molecule has 0 bridgehead atoms. The molecule has 1 aliphatic rings. The number of nitrogens with zero attached hydrogens (tertiary/aromatic N) is 2. The van der Waals surface area contributed by atoms with Gasteiger partial charge in [-0.1, -0.05) is 26.1 Å². The fraction of sp³-hybridized carbons (Fsp3) is 0.643. The molecule has 5 heteroatoms. The summed E-state index contributed by atoms with van der Waals surface area (Å²) in [6.07, 6.45) is 3.52. The van der Waals surface area contributed by atoms with Gasteiger partial charge in [0.2, 0.25) is 0 Å². The van der Waals surface area contributed by atoms with Crippen molar-refractivity contribution < 1.29 is 0 Å². The summed E-state index contributed by atoms with van der Waals surface area (Å²) in [4.78, 5) is 0.384. The molecule has 0 spiro atoms. The second-order valence-corrected chi connectivity index (χ2v) is 6.69. The first-order valence-electron chi connectivity index (χ1n) is 6.70. The molecule has 1 saturated carbocycles. The Morgan fingerprint density at radius 2 is 2.05 bits per heavy atom. The van der Waals surface area contributed by atoms with E-state index in [0.717, 1.165) is 35.5 Å². The van der Waals surface area contributed by atoms with Crippen molar-refractivity contribution in [3.05, 3.63) is 16.8 Å². The van der Waals surface area contributed by atoms with Crippen molar-refractivity contribution in [3.63, 3.8) is 0 Å².